The van der Waals surface area contributed by atoms with Crippen LogP contribution in [0.2, 0.25) is 0 Å². The SMILES string of the molecule is Nc1nc2ccccc2c2c1ncn2CCOCCNC(=O)NC1C[C@H]1c1ccccc1. The monoisotopic (exact) mass is 430 g/mol. The first-order valence-corrected chi connectivity index (χ1v) is 10.9. The number of carbonyl (C=O) groups is 1. The number of ether oxygens (including phenoxy) is 1. The van der Waals surface area contributed by atoms with Gasteiger partial charge in [0, 0.05) is 30.4 Å². The molecule has 8 nitrogen and oxygen atoms in total. The molecular weight excluding hydrogens is 404 g/mol. The van der Waals surface area contributed by atoms with E-state index in [1.54, 1.807) is 6.33 Å². The Morgan fingerprint density at radius 2 is 1.94 bits per heavy atom. The maximum Gasteiger partial charge on any atom is 0.315 e. The van der Waals surface area contributed by atoms with Gasteiger partial charge in [-0.15, -0.1) is 0 Å². The molecule has 32 heavy (non-hydrogen) atoms. The summed E-state index contributed by atoms with van der Waals surface area (Å²) in [5.41, 5.74) is 9.87. The fraction of sp³-hybridized carbons (Fsp3) is 0.292. The Kier molecular flexibility index (Phi) is 5.60. The number of nitrogens with zero attached hydrogens (tertiary/aromatic N) is 3. The highest BCUT2D eigenvalue weighted by Gasteiger charge is 2.39. The molecule has 1 unspecified atom stereocenters. The number of hydrogen-bond acceptors (Lipinski definition) is 5. The molecular formula is C24H26N6O2. The highest BCUT2D eigenvalue weighted by molar-refractivity contribution is 6.06. The van der Waals surface area contributed by atoms with Gasteiger partial charge in [0.25, 0.3) is 0 Å². The van der Waals surface area contributed by atoms with E-state index in [0.29, 0.717) is 43.6 Å². The molecule has 164 valence electrons. The molecule has 4 N–H and O–H groups in total. The van der Waals surface area contributed by atoms with Gasteiger partial charge in [0.15, 0.2) is 5.82 Å². The summed E-state index contributed by atoms with van der Waals surface area (Å²) in [6.45, 7) is 2.04. The van der Waals surface area contributed by atoms with E-state index >= 15 is 0 Å². The fourth-order valence-electron chi connectivity index (χ4n) is 4.12. The molecule has 0 bridgehead atoms. The maximum absolute atomic E-state index is 12.1. The van der Waals surface area contributed by atoms with Crippen molar-refractivity contribution >= 4 is 33.8 Å². The molecule has 1 aliphatic rings. The molecule has 0 aliphatic heterocycles. The van der Waals surface area contributed by atoms with Gasteiger partial charge in [-0.1, -0.05) is 48.5 Å². The minimum atomic E-state index is -0.146. The number of nitrogens with two attached hydrogens (primary N) is 1. The van der Waals surface area contributed by atoms with E-state index in [2.05, 4.69) is 32.7 Å². The third-order valence-corrected chi connectivity index (χ3v) is 5.82. The van der Waals surface area contributed by atoms with E-state index in [9.17, 15) is 4.79 Å². The van der Waals surface area contributed by atoms with Crippen molar-refractivity contribution in [1.29, 1.82) is 0 Å². The molecule has 2 heterocycles. The van der Waals surface area contributed by atoms with Gasteiger partial charge < -0.3 is 25.7 Å². The molecule has 2 atom stereocenters. The Hall–Kier alpha value is -3.65. The van der Waals surface area contributed by atoms with E-state index in [0.717, 1.165) is 22.8 Å². The molecule has 5 rings (SSSR count). The predicted molar refractivity (Wildman–Crippen MR) is 124 cm³/mol. The van der Waals surface area contributed by atoms with Crippen LogP contribution in [0.1, 0.15) is 17.9 Å². The van der Waals surface area contributed by atoms with Gasteiger partial charge in [0.2, 0.25) is 0 Å². The smallest absolute Gasteiger partial charge is 0.315 e. The van der Waals surface area contributed by atoms with E-state index in [4.69, 9.17) is 10.5 Å². The van der Waals surface area contributed by atoms with Crippen molar-refractivity contribution in [3.05, 3.63) is 66.5 Å². The second kappa shape index (κ2) is 8.84. The fourth-order valence-corrected chi connectivity index (χ4v) is 4.12. The normalized spacial score (nSPS) is 17.5. The molecule has 2 aromatic heterocycles. The molecule has 1 fully saturated rings. The van der Waals surface area contributed by atoms with Crippen LogP contribution in [0, 0.1) is 0 Å². The number of anilines is 1. The lowest BCUT2D eigenvalue weighted by Gasteiger charge is -2.10. The highest BCUT2D eigenvalue weighted by Crippen LogP contribution is 2.40. The number of benzene rings is 2. The largest absolute Gasteiger partial charge is 0.382 e. The third-order valence-electron chi connectivity index (χ3n) is 5.82. The maximum atomic E-state index is 12.1. The predicted octanol–water partition coefficient (Wildman–Crippen LogP) is 3.04. The van der Waals surface area contributed by atoms with Gasteiger partial charge in [0.05, 0.1) is 30.6 Å². The average molecular weight is 431 g/mol. The van der Waals surface area contributed by atoms with Crippen molar-refractivity contribution in [3.8, 4) is 0 Å². The first kappa shape index (κ1) is 20.3. The summed E-state index contributed by atoms with van der Waals surface area (Å²) in [5.74, 6) is 0.849. The van der Waals surface area contributed by atoms with E-state index in [1.807, 2.05) is 47.0 Å². The molecule has 1 saturated carbocycles. The number of para-hydroxylation sites is 1. The molecule has 4 aromatic rings. The molecule has 1 aliphatic carbocycles. The van der Waals surface area contributed by atoms with Gasteiger partial charge >= 0.3 is 6.03 Å². The van der Waals surface area contributed by atoms with Gasteiger partial charge in [0.1, 0.15) is 5.52 Å². The highest BCUT2D eigenvalue weighted by atomic mass is 16.5. The topological polar surface area (TPSA) is 107 Å². The van der Waals surface area contributed by atoms with Crippen molar-refractivity contribution in [1.82, 2.24) is 25.2 Å². The lowest BCUT2D eigenvalue weighted by atomic mass is 10.1. The number of hydrogen-bond donors (Lipinski definition) is 3. The number of aromatic nitrogens is 3. The lowest BCUT2D eigenvalue weighted by molar-refractivity contribution is 0.129. The van der Waals surface area contributed by atoms with Crippen molar-refractivity contribution in [2.24, 2.45) is 0 Å². The van der Waals surface area contributed by atoms with Gasteiger partial charge in [-0.2, -0.15) is 0 Å². The molecule has 8 heteroatoms. The Labute approximate surface area is 185 Å². The van der Waals surface area contributed by atoms with Gasteiger partial charge in [-0.3, -0.25) is 0 Å². The number of rotatable bonds is 8. The number of pyridine rings is 1. The van der Waals surface area contributed by atoms with Crippen LogP contribution in [-0.2, 0) is 11.3 Å². The Morgan fingerprint density at radius 3 is 2.81 bits per heavy atom. The standard InChI is InChI=1S/C24H26N6O2/c25-23-21-22(17-8-4-5-9-19(17)28-23)30(15-27-21)11-13-32-12-10-26-24(31)29-20-14-18(20)16-6-2-1-3-7-16/h1-9,15,18,20H,10-14H2,(H2,25,28)(H2,26,29,31)/t18-,20?/m0/s1. The molecule has 2 amide bonds. The van der Waals surface area contributed by atoms with Crippen molar-refractivity contribution in [2.75, 3.05) is 25.5 Å². The van der Waals surface area contributed by atoms with Crippen LogP contribution in [0.4, 0.5) is 10.6 Å². The zero-order chi connectivity index (χ0) is 21.9. The first-order chi connectivity index (χ1) is 15.7. The number of fused-ring (bicyclic) bond motifs is 3. The Bertz CT molecular complexity index is 1240. The zero-order valence-electron chi connectivity index (χ0n) is 17.7. The Balaban J connectivity index is 1.06. The number of imidazole rings is 1. The number of nitrogens with one attached hydrogen (secondary N) is 2. The van der Waals surface area contributed by atoms with E-state index in [1.165, 1.54) is 5.56 Å². The molecule has 2 aromatic carbocycles. The van der Waals surface area contributed by atoms with Crippen LogP contribution in [0.3, 0.4) is 0 Å². The number of urea groups is 1. The van der Waals surface area contributed by atoms with Gasteiger partial charge in [-0.25, -0.2) is 14.8 Å². The minimum absolute atomic E-state index is 0.146. The third kappa shape index (κ3) is 4.22. The van der Waals surface area contributed by atoms with E-state index in [-0.39, 0.29) is 12.1 Å². The molecule has 0 saturated heterocycles. The van der Waals surface area contributed by atoms with Crippen LogP contribution in [0.15, 0.2) is 60.9 Å². The van der Waals surface area contributed by atoms with Crippen molar-refractivity contribution in [3.63, 3.8) is 0 Å². The lowest BCUT2D eigenvalue weighted by Crippen LogP contribution is -2.39. The summed E-state index contributed by atoms with van der Waals surface area (Å²) in [6.07, 6.45) is 2.75. The summed E-state index contributed by atoms with van der Waals surface area (Å²) in [7, 11) is 0. The minimum Gasteiger partial charge on any atom is -0.382 e. The number of nitrogen functional groups attached to an aromatic ring is 1. The summed E-state index contributed by atoms with van der Waals surface area (Å²) >= 11 is 0. The van der Waals surface area contributed by atoms with Crippen LogP contribution in [0.5, 0.6) is 0 Å². The molecule has 0 spiro atoms. The Morgan fingerprint density at radius 1 is 1.12 bits per heavy atom. The van der Waals surface area contributed by atoms with E-state index < -0.39 is 0 Å². The van der Waals surface area contributed by atoms with Crippen LogP contribution < -0.4 is 16.4 Å². The van der Waals surface area contributed by atoms with Gasteiger partial charge in [-0.05, 0) is 18.1 Å². The summed E-state index contributed by atoms with van der Waals surface area (Å²) in [4.78, 5) is 20.9. The quantitative estimate of drug-likeness (QED) is 0.373. The average Bonchev–Trinajstić information content (AvgIpc) is 3.44. The van der Waals surface area contributed by atoms with Crippen LogP contribution in [-0.4, -0.2) is 46.4 Å². The van der Waals surface area contributed by atoms with Crippen molar-refractivity contribution < 1.29 is 9.53 Å². The zero-order valence-corrected chi connectivity index (χ0v) is 17.7. The second-order valence-electron chi connectivity index (χ2n) is 8.02. The summed E-state index contributed by atoms with van der Waals surface area (Å²) in [5, 5.41) is 6.90. The van der Waals surface area contributed by atoms with Crippen LogP contribution >= 0.6 is 0 Å². The first-order valence-electron chi connectivity index (χ1n) is 10.9. The second-order valence-corrected chi connectivity index (χ2v) is 8.02. The van der Waals surface area contributed by atoms with Crippen LogP contribution in [0.25, 0.3) is 21.9 Å². The summed E-state index contributed by atoms with van der Waals surface area (Å²) in [6, 6.07) is 18.2. The number of amides is 2. The summed E-state index contributed by atoms with van der Waals surface area (Å²) < 4.78 is 7.76. The van der Waals surface area contributed by atoms with Crippen molar-refractivity contribution in [2.45, 2.75) is 24.9 Å². The number of carbonyl (C=O) groups excluding carboxylic acids is 1. The molecule has 0 radical (unpaired) electrons.